The Bertz CT molecular complexity index is 299. The topological polar surface area (TPSA) is 12.0 Å². The molecule has 0 radical (unpaired) electrons. The first-order valence-corrected chi connectivity index (χ1v) is 4.81. The second-order valence-electron chi connectivity index (χ2n) is 4.29. The first kappa shape index (κ1) is 10.4. The molecule has 1 nitrogen and oxygen atoms in total. The Kier molecular flexibility index (Phi) is 2.87. The lowest BCUT2D eigenvalue weighted by atomic mass is 10.1. The standard InChI is InChI=1S/C11H16ClN/c1-8-9(12)6-5-7-10(8)13-11(2,3)4/h5-7,13H,1-4H3. The second kappa shape index (κ2) is 3.59. The molecule has 72 valence electrons. The molecule has 13 heavy (non-hydrogen) atoms. The van der Waals surface area contributed by atoms with E-state index in [9.17, 15) is 0 Å². The van der Waals surface area contributed by atoms with Gasteiger partial charge in [0, 0.05) is 16.2 Å². The van der Waals surface area contributed by atoms with Crippen LogP contribution in [-0.4, -0.2) is 5.54 Å². The minimum Gasteiger partial charge on any atom is -0.380 e. The number of rotatable bonds is 1. The molecule has 0 aliphatic rings. The molecule has 1 N–H and O–H groups in total. The molecule has 0 spiro atoms. The van der Waals surface area contributed by atoms with Crippen LogP contribution in [0.3, 0.4) is 0 Å². The minimum absolute atomic E-state index is 0.0788. The molecule has 0 saturated carbocycles. The van der Waals surface area contributed by atoms with Crippen molar-refractivity contribution in [3.63, 3.8) is 0 Å². The molecule has 0 fully saturated rings. The van der Waals surface area contributed by atoms with Gasteiger partial charge in [-0.05, 0) is 45.4 Å². The first-order valence-electron chi connectivity index (χ1n) is 4.43. The normalized spacial score (nSPS) is 11.5. The van der Waals surface area contributed by atoms with Crippen LogP contribution < -0.4 is 5.32 Å². The number of anilines is 1. The van der Waals surface area contributed by atoms with Crippen LogP contribution in [0.15, 0.2) is 18.2 Å². The molecule has 0 heterocycles. The van der Waals surface area contributed by atoms with Crippen molar-refractivity contribution in [1.29, 1.82) is 0 Å². The van der Waals surface area contributed by atoms with Crippen LogP contribution in [0, 0.1) is 6.92 Å². The fourth-order valence-electron chi connectivity index (χ4n) is 1.15. The average molecular weight is 198 g/mol. The number of hydrogen-bond donors (Lipinski definition) is 1. The summed E-state index contributed by atoms with van der Waals surface area (Å²) < 4.78 is 0. The minimum atomic E-state index is 0.0788. The first-order chi connectivity index (χ1) is 5.90. The maximum absolute atomic E-state index is 6.00. The van der Waals surface area contributed by atoms with Gasteiger partial charge in [0.15, 0.2) is 0 Å². The zero-order chi connectivity index (χ0) is 10.1. The van der Waals surface area contributed by atoms with Gasteiger partial charge in [-0.15, -0.1) is 0 Å². The van der Waals surface area contributed by atoms with Gasteiger partial charge in [-0.2, -0.15) is 0 Å². The van der Waals surface area contributed by atoms with E-state index in [1.807, 2.05) is 25.1 Å². The molecule has 0 saturated heterocycles. The van der Waals surface area contributed by atoms with Crippen LogP contribution in [0.25, 0.3) is 0 Å². The van der Waals surface area contributed by atoms with Crippen LogP contribution >= 0.6 is 11.6 Å². The zero-order valence-corrected chi connectivity index (χ0v) is 9.37. The maximum Gasteiger partial charge on any atom is 0.0455 e. The Balaban J connectivity index is 2.96. The van der Waals surface area contributed by atoms with E-state index >= 15 is 0 Å². The van der Waals surface area contributed by atoms with Gasteiger partial charge in [-0.25, -0.2) is 0 Å². The molecule has 0 atom stereocenters. The lowest BCUT2D eigenvalue weighted by Crippen LogP contribution is -2.26. The quantitative estimate of drug-likeness (QED) is 0.721. The van der Waals surface area contributed by atoms with Crippen molar-refractivity contribution in [1.82, 2.24) is 0 Å². The molecule has 0 aliphatic carbocycles. The van der Waals surface area contributed by atoms with Crippen molar-refractivity contribution in [2.24, 2.45) is 0 Å². The summed E-state index contributed by atoms with van der Waals surface area (Å²) in [7, 11) is 0. The van der Waals surface area contributed by atoms with Gasteiger partial charge in [0.25, 0.3) is 0 Å². The van der Waals surface area contributed by atoms with Crippen molar-refractivity contribution in [3.05, 3.63) is 28.8 Å². The third-order valence-corrected chi connectivity index (χ3v) is 2.19. The van der Waals surface area contributed by atoms with Crippen LogP contribution in [0.2, 0.25) is 5.02 Å². The molecule has 0 aromatic heterocycles. The highest BCUT2D eigenvalue weighted by atomic mass is 35.5. The van der Waals surface area contributed by atoms with Crippen molar-refractivity contribution in [2.75, 3.05) is 5.32 Å². The van der Waals surface area contributed by atoms with E-state index in [0.29, 0.717) is 0 Å². The van der Waals surface area contributed by atoms with Gasteiger partial charge in [0.1, 0.15) is 0 Å². The van der Waals surface area contributed by atoms with E-state index in [0.717, 1.165) is 16.3 Å². The summed E-state index contributed by atoms with van der Waals surface area (Å²) in [4.78, 5) is 0. The Morgan fingerprint density at radius 2 is 1.85 bits per heavy atom. The monoisotopic (exact) mass is 197 g/mol. The van der Waals surface area contributed by atoms with Gasteiger partial charge in [-0.3, -0.25) is 0 Å². The largest absolute Gasteiger partial charge is 0.380 e. The third-order valence-electron chi connectivity index (χ3n) is 1.78. The van der Waals surface area contributed by atoms with Crippen LogP contribution in [0.1, 0.15) is 26.3 Å². The van der Waals surface area contributed by atoms with Crippen LogP contribution in [0.4, 0.5) is 5.69 Å². The van der Waals surface area contributed by atoms with E-state index < -0.39 is 0 Å². The summed E-state index contributed by atoms with van der Waals surface area (Å²) in [6.45, 7) is 8.42. The summed E-state index contributed by atoms with van der Waals surface area (Å²) in [5.41, 5.74) is 2.30. The molecule has 0 unspecified atom stereocenters. The molecule has 0 amide bonds. The molecule has 2 heteroatoms. The SMILES string of the molecule is Cc1c(Cl)cccc1NC(C)(C)C. The zero-order valence-electron chi connectivity index (χ0n) is 8.61. The van der Waals surface area contributed by atoms with Crippen LogP contribution in [-0.2, 0) is 0 Å². The van der Waals surface area contributed by atoms with E-state index in [2.05, 4.69) is 26.1 Å². The average Bonchev–Trinajstić information content (AvgIpc) is 1.96. The third kappa shape index (κ3) is 2.92. The van der Waals surface area contributed by atoms with E-state index in [-0.39, 0.29) is 5.54 Å². The smallest absolute Gasteiger partial charge is 0.0455 e. The molecular formula is C11H16ClN. The van der Waals surface area contributed by atoms with Crippen molar-refractivity contribution in [3.8, 4) is 0 Å². The predicted molar refractivity (Wildman–Crippen MR) is 59.6 cm³/mol. The number of hydrogen-bond acceptors (Lipinski definition) is 1. The molecular weight excluding hydrogens is 182 g/mol. The second-order valence-corrected chi connectivity index (χ2v) is 4.69. The lowest BCUT2D eigenvalue weighted by molar-refractivity contribution is 0.633. The van der Waals surface area contributed by atoms with Gasteiger partial charge < -0.3 is 5.32 Å². The molecule has 0 bridgehead atoms. The predicted octanol–water partition coefficient (Wildman–Crippen LogP) is 3.86. The highest BCUT2D eigenvalue weighted by Crippen LogP contribution is 2.25. The number of nitrogens with one attached hydrogen (secondary N) is 1. The fourth-order valence-corrected chi connectivity index (χ4v) is 1.32. The van der Waals surface area contributed by atoms with Crippen molar-refractivity contribution >= 4 is 17.3 Å². The Labute approximate surface area is 85.1 Å². The van der Waals surface area contributed by atoms with Gasteiger partial charge in [0.05, 0.1) is 0 Å². The summed E-state index contributed by atoms with van der Waals surface area (Å²) in [6, 6.07) is 5.92. The summed E-state index contributed by atoms with van der Waals surface area (Å²) in [6.07, 6.45) is 0. The molecule has 1 aromatic rings. The van der Waals surface area contributed by atoms with Gasteiger partial charge in [0.2, 0.25) is 0 Å². The van der Waals surface area contributed by atoms with E-state index in [4.69, 9.17) is 11.6 Å². The lowest BCUT2D eigenvalue weighted by Gasteiger charge is -2.23. The summed E-state index contributed by atoms with van der Waals surface area (Å²) >= 11 is 6.00. The molecule has 1 aromatic carbocycles. The maximum atomic E-state index is 6.00. The fraction of sp³-hybridized carbons (Fsp3) is 0.455. The van der Waals surface area contributed by atoms with E-state index in [1.54, 1.807) is 0 Å². The van der Waals surface area contributed by atoms with E-state index in [1.165, 1.54) is 0 Å². The summed E-state index contributed by atoms with van der Waals surface area (Å²) in [5.74, 6) is 0. The van der Waals surface area contributed by atoms with Crippen molar-refractivity contribution in [2.45, 2.75) is 33.2 Å². The van der Waals surface area contributed by atoms with Gasteiger partial charge >= 0.3 is 0 Å². The molecule has 0 aliphatic heterocycles. The Hall–Kier alpha value is -0.690. The van der Waals surface area contributed by atoms with Gasteiger partial charge in [-0.1, -0.05) is 17.7 Å². The highest BCUT2D eigenvalue weighted by molar-refractivity contribution is 6.31. The number of halogens is 1. The van der Waals surface area contributed by atoms with Crippen molar-refractivity contribution < 1.29 is 0 Å². The highest BCUT2D eigenvalue weighted by Gasteiger charge is 2.11. The summed E-state index contributed by atoms with van der Waals surface area (Å²) in [5, 5.41) is 4.22. The molecule has 1 rings (SSSR count). The number of benzene rings is 1. The van der Waals surface area contributed by atoms with Crippen LogP contribution in [0.5, 0.6) is 0 Å². The Morgan fingerprint density at radius 3 is 2.38 bits per heavy atom. The Morgan fingerprint density at radius 1 is 1.23 bits per heavy atom.